The first kappa shape index (κ1) is 16.1. The number of hydrogen-bond acceptors (Lipinski definition) is 7. The van der Waals surface area contributed by atoms with Crippen molar-refractivity contribution in [2.24, 2.45) is 10.1 Å². The maximum Gasteiger partial charge on any atom is 0.573 e. The molecule has 2 aliphatic heterocycles. The van der Waals surface area contributed by atoms with Gasteiger partial charge in [0.2, 0.25) is 0 Å². The first-order valence-corrected chi connectivity index (χ1v) is 7.03. The summed E-state index contributed by atoms with van der Waals surface area (Å²) in [6, 6.07) is 5.34. The molecule has 2 aliphatic rings. The summed E-state index contributed by atoms with van der Waals surface area (Å²) in [5, 5.41) is 20.9. The minimum atomic E-state index is -4.72. The molecule has 1 aromatic carbocycles. The monoisotopic (exact) mass is 341 g/mol. The Morgan fingerprint density at radius 1 is 1.29 bits per heavy atom. The molecule has 3 N–H and O–H groups in total. The first-order valence-electron chi connectivity index (χ1n) is 7.03. The van der Waals surface area contributed by atoms with Gasteiger partial charge in [0.05, 0.1) is 31.3 Å². The van der Waals surface area contributed by atoms with E-state index in [0.29, 0.717) is 18.1 Å². The Morgan fingerprint density at radius 2 is 2.04 bits per heavy atom. The van der Waals surface area contributed by atoms with Crippen molar-refractivity contribution in [1.82, 2.24) is 10.3 Å². The molecule has 0 fully saturated rings. The Labute approximate surface area is 135 Å². The van der Waals surface area contributed by atoms with Crippen LogP contribution in [-0.4, -0.2) is 48.3 Å². The number of nitrogens with zero attached hydrogens (tertiary/aromatic N) is 3. The highest BCUT2D eigenvalue weighted by Gasteiger charge is 2.31. The summed E-state index contributed by atoms with van der Waals surface area (Å²) in [5.41, 5.74) is 1.32. The number of hydrogen-bond donors (Lipinski definition) is 3. The smallest absolute Gasteiger partial charge is 0.406 e. The average molecular weight is 341 g/mol. The van der Waals surface area contributed by atoms with Gasteiger partial charge in [-0.05, 0) is 24.3 Å². The summed E-state index contributed by atoms with van der Waals surface area (Å²) >= 11 is 0. The molecule has 0 radical (unpaired) electrons. The Balaban J connectivity index is 1.73. The highest BCUT2D eigenvalue weighted by Crippen LogP contribution is 2.26. The minimum Gasteiger partial charge on any atom is -0.406 e. The molecule has 128 valence electrons. The second-order valence-corrected chi connectivity index (χ2v) is 4.96. The van der Waals surface area contributed by atoms with Gasteiger partial charge < -0.3 is 20.5 Å². The normalized spacial score (nSPS) is 19.3. The predicted octanol–water partition coefficient (Wildman–Crippen LogP) is 1.46. The Bertz CT molecular complexity index is 685. The van der Waals surface area contributed by atoms with Gasteiger partial charge in [-0.3, -0.25) is 5.01 Å². The highest BCUT2D eigenvalue weighted by molar-refractivity contribution is 5.86. The Kier molecular flexibility index (Phi) is 4.30. The van der Waals surface area contributed by atoms with E-state index in [9.17, 15) is 13.2 Å². The largest absolute Gasteiger partial charge is 0.573 e. The van der Waals surface area contributed by atoms with Crippen molar-refractivity contribution in [2.75, 3.05) is 18.5 Å². The third-order valence-electron chi connectivity index (χ3n) is 3.32. The zero-order valence-corrected chi connectivity index (χ0v) is 12.3. The van der Waals surface area contributed by atoms with E-state index in [4.69, 9.17) is 5.11 Å². The SMILES string of the molecule is OCCN1N=CC2=C(Nc3ccc(OC(F)(F)F)cc3)N=CNC21. The maximum atomic E-state index is 12.2. The number of fused-ring (bicyclic) bond motifs is 1. The van der Waals surface area contributed by atoms with Crippen LogP contribution in [-0.2, 0) is 0 Å². The van der Waals surface area contributed by atoms with Gasteiger partial charge in [0.15, 0.2) is 0 Å². The number of aliphatic hydroxyl groups is 1. The van der Waals surface area contributed by atoms with Crippen LogP contribution in [0.5, 0.6) is 5.75 Å². The standard InChI is InChI=1S/C14H14F3N5O2/c15-14(16,17)24-10-3-1-9(2-4-10)21-12-11-7-20-22(5-6-23)13(11)19-8-18-12/h1-4,7-8,13,21,23H,5-6H2,(H,18,19). The average Bonchev–Trinajstić information content (AvgIpc) is 2.93. The second kappa shape index (κ2) is 6.40. The van der Waals surface area contributed by atoms with E-state index in [-0.39, 0.29) is 18.5 Å². The molecule has 0 aromatic heterocycles. The number of anilines is 1. The zero-order valence-electron chi connectivity index (χ0n) is 12.3. The number of halogens is 3. The molecule has 10 heteroatoms. The first-order chi connectivity index (χ1) is 11.5. The van der Waals surface area contributed by atoms with Crippen LogP contribution in [0.2, 0.25) is 0 Å². The molecular weight excluding hydrogens is 327 g/mol. The van der Waals surface area contributed by atoms with Crippen LogP contribution >= 0.6 is 0 Å². The minimum absolute atomic E-state index is 0.0383. The fourth-order valence-corrected chi connectivity index (χ4v) is 2.32. The molecule has 3 rings (SSSR count). The van der Waals surface area contributed by atoms with Crippen molar-refractivity contribution >= 4 is 18.2 Å². The number of alkyl halides is 3. The molecule has 0 bridgehead atoms. The second-order valence-electron chi connectivity index (χ2n) is 4.96. The van der Waals surface area contributed by atoms with Crippen molar-refractivity contribution < 1.29 is 23.0 Å². The van der Waals surface area contributed by atoms with Gasteiger partial charge in [-0.15, -0.1) is 13.2 Å². The number of aliphatic hydroxyl groups excluding tert-OH is 1. The molecule has 0 spiro atoms. The number of aliphatic imine (C=N–C) groups is 1. The topological polar surface area (TPSA) is 81.5 Å². The molecule has 0 saturated carbocycles. The Morgan fingerprint density at radius 3 is 2.71 bits per heavy atom. The van der Waals surface area contributed by atoms with Crippen molar-refractivity contribution in [3.8, 4) is 5.75 Å². The number of β-amino-alcohol motifs (C(OH)–C–C–N with tert-alkyl or cyclic N) is 1. The van der Waals surface area contributed by atoms with E-state index in [1.807, 2.05) is 0 Å². The summed E-state index contributed by atoms with van der Waals surface area (Å²) in [4.78, 5) is 4.18. The van der Waals surface area contributed by atoms with E-state index < -0.39 is 6.36 Å². The number of hydrazone groups is 1. The Hall–Kier alpha value is -2.75. The van der Waals surface area contributed by atoms with Crippen molar-refractivity contribution in [3.63, 3.8) is 0 Å². The molecule has 0 aliphatic carbocycles. The maximum absolute atomic E-state index is 12.2. The van der Waals surface area contributed by atoms with E-state index in [0.717, 1.165) is 5.57 Å². The van der Waals surface area contributed by atoms with Gasteiger partial charge in [-0.25, -0.2) is 4.99 Å². The third-order valence-corrected chi connectivity index (χ3v) is 3.32. The summed E-state index contributed by atoms with van der Waals surface area (Å²) in [6.07, 6.45) is -1.85. The van der Waals surface area contributed by atoms with Crippen LogP contribution in [0.15, 0.2) is 45.8 Å². The van der Waals surface area contributed by atoms with Gasteiger partial charge in [0.25, 0.3) is 0 Å². The summed E-state index contributed by atoms with van der Waals surface area (Å²) in [6.45, 7) is 0.325. The molecule has 0 saturated heterocycles. The molecule has 7 nitrogen and oxygen atoms in total. The number of nitrogens with one attached hydrogen (secondary N) is 2. The lowest BCUT2D eigenvalue weighted by Crippen LogP contribution is -2.44. The summed E-state index contributed by atoms with van der Waals surface area (Å²) in [5.74, 6) is 0.223. The van der Waals surface area contributed by atoms with E-state index in [1.54, 1.807) is 11.2 Å². The van der Waals surface area contributed by atoms with Crippen LogP contribution < -0.4 is 15.4 Å². The fourth-order valence-electron chi connectivity index (χ4n) is 2.32. The van der Waals surface area contributed by atoms with E-state index >= 15 is 0 Å². The number of rotatable bonds is 5. The van der Waals surface area contributed by atoms with Gasteiger partial charge in [0, 0.05) is 5.69 Å². The van der Waals surface area contributed by atoms with Gasteiger partial charge in [0.1, 0.15) is 17.7 Å². The molecule has 2 heterocycles. The lowest BCUT2D eigenvalue weighted by Gasteiger charge is -2.26. The third kappa shape index (κ3) is 3.59. The van der Waals surface area contributed by atoms with Crippen molar-refractivity contribution in [3.05, 3.63) is 35.7 Å². The molecule has 0 amide bonds. The quantitative estimate of drug-likeness (QED) is 0.755. The fraction of sp³-hybridized carbons (Fsp3) is 0.286. The number of ether oxygens (including phenoxy) is 1. The molecular formula is C14H14F3N5O2. The predicted molar refractivity (Wildman–Crippen MR) is 81.5 cm³/mol. The van der Waals surface area contributed by atoms with Crippen molar-refractivity contribution in [2.45, 2.75) is 12.5 Å². The molecule has 1 aromatic rings. The number of benzene rings is 1. The van der Waals surface area contributed by atoms with Crippen LogP contribution in [0, 0.1) is 0 Å². The van der Waals surface area contributed by atoms with Crippen molar-refractivity contribution in [1.29, 1.82) is 0 Å². The summed E-state index contributed by atoms with van der Waals surface area (Å²) < 4.78 is 40.3. The summed E-state index contributed by atoms with van der Waals surface area (Å²) in [7, 11) is 0. The lowest BCUT2D eigenvalue weighted by molar-refractivity contribution is -0.274. The molecule has 1 atom stereocenters. The van der Waals surface area contributed by atoms with Crippen LogP contribution in [0.4, 0.5) is 18.9 Å². The molecule has 24 heavy (non-hydrogen) atoms. The van der Waals surface area contributed by atoms with Gasteiger partial charge in [-0.1, -0.05) is 0 Å². The van der Waals surface area contributed by atoms with Gasteiger partial charge >= 0.3 is 6.36 Å². The van der Waals surface area contributed by atoms with E-state index in [2.05, 4.69) is 25.5 Å². The van der Waals surface area contributed by atoms with E-state index in [1.165, 1.54) is 30.6 Å². The highest BCUT2D eigenvalue weighted by atomic mass is 19.4. The van der Waals surface area contributed by atoms with Crippen LogP contribution in [0.25, 0.3) is 0 Å². The van der Waals surface area contributed by atoms with Crippen LogP contribution in [0.1, 0.15) is 0 Å². The van der Waals surface area contributed by atoms with Gasteiger partial charge in [-0.2, -0.15) is 5.10 Å². The molecule has 1 unspecified atom stereocenters. The van der Waals surface area contributed by atoms with Crippen LogP contribution in [0.3, 0.4) is 0 Å². The zero-order chi connectivity index (χ0) is 17.2. The lowest BCUT2D eigenvalue weighted by atomic mass is 10.2.